The summed E-state index contributed by atoms with van der Waals surface area (Å²) < 4.78 is 79.2. The number of halogens is 6. The van der Waals surface area contributed by atoms with E-state index in [1.165, 1.54) is 61.6 Å². The maximum Gasteiger partial charge on any atom is 0.418 e. The number of hydrogen-bond acceptors (Lipinski definition) is 5. The van der Waals surface area contributed by atoms with Gasteiger partial charge in [0, 0.05) is 36.9 Å². The van der Waals surface area contributed by atoms with Crippen LogP contribution in [0, 0.1) is 0 Å². The van der Waals surface area contributed by atoms with Gasteiger partial charge in [-0.1, -0.05) is 6.07 Å². The van der Waals surface area contributed by atoms with Gasteiger partial charge in [-0.25, -0.2) is 9.97 Å². The largest absolute Gasteiger partial charge is 0.418 e. The summed E-state index contributed by atoms with van der Waals surface area (Å²) in [5.41, 5.74) is -1.60. The number of fused-ring (bicyclic) bond motifs is 1. The molecule has 4 rings (SSSR count). The highest BCUT2D eigenvalue weighted by Crippen LogP contribution is 2.37. The smallest absolute Gasteiger partial charge is 0.342 e. The molecule has 0 spiro atoms. The fraction of sp³-hybridized carbons (Fsp3) is 0.167. The molecular weight excluding hydrogens is 488 g/mol. The van der Waals surface area contributed by atoms with Gasteiger partial charge in [-0.05, 0) is 48.5 Å². The summed E-state index contributed by atoms with van der Waals surface area (Å²) >= 11 is 0. The maximum atomic E-state index is 13.5. The average Bonchev–Trinajstić information content (AvgIpc) is 2.82. The number of nitrogens with one attached hydrogen (secondary N) is 1. The van der Waals surface area contributed by atoms with E-state index in [4.69, 9.17) is 0 Å². The van der Waals surface area contributed by atoms with Crippen molar-refractivity contribution in [3.05, 3.63) is 77.7 Å². The molecule has 0 aliphatic heterocycles. The summed E-state index contributed by atoms with van der Waals surface area (Å²) in [7, 11) is 2.94. The van der Waals surface area contributed by atoms with Crippen LogP contribution in [0.15, 0.2) is 60.8 Å². The van der Waals surface area contributed by atoms with Crippen molar-refractivity contribution >= 4 is 28.3 Å². The molecule has 4 aromatic rings. The van der Waals surface area contributed by atoms with E-state index in [0.717, 1.165) is 18.2 Å². The van der Waals surface area contributed by atoms with Crippen LogP contribution in [0.25, 0.3) is 22.2 Å². The van der Waals surface area contributed by atoms with Crippen molar-refractivity contribution in [3.63, 3.8) is 0 Å². The average molecular weight is 505 g/mol. The number of rotatable bonds is 4. The number of benzene rings is 2. The normalized spacial score (nSPS) is 12.0. The fourth-order valence-electron chi connectivity index (χ4n) is 3.41. The van der Waals surface area contributed by atoms with Crippen molar-refractivity contribution < 1.29 is 31.1 Å². The minimum absolute atomic E-state index is 0.0913. The molecule has 186 valence electrons. The van der Waals surface area contributed by atoms with E-state index in [1.54, 1.807) is 0 Å². The maximum absolute atomic E-state index is 13.5. The van der Waals surface area contributed by atoms with Crippen molar-refractivity contribution in [2.24, 2.45) is 0 Å². The lowest BCUT2D eigenvalue weighted by Crippen LogP contribution is -2.24. The molecule has 1 N–H and O–H groups in total. The van der Waals surface area contributed by atoms with E-state index in [9.17, 15) is 31.1 Å². The second-order valence-corrected chi connectivity index (χ2v) is 7.92. The zero-order chi connectivity index (χ0) is 26.3. The number of hydrogen-bond donors (Lipinski definition) is 1. The monoisotopic (exact) mass is 505 g/mol. The molecule has 0 bridgehead atoms. The lowest BCUT2D eigenvalue weighted by Gasteiger charge is -2.15. The summed E-state index contributed by atoms with van der Waals surface area (Å²) in [6.45, 7) is 0. The third kappa shape index (κ3) is 5.07. The van der Waals surface area contributed by atoms with Gasteiger partial charge in [-0.2, -0.15) is 26.3 Å². The third-order valence-electron chi connectivity index (χ3n) is 5.16. The Balaban J connectivity index is 1.84. The van der Waals surface area contributed by atoms with E-state index < -0.39 is 29.4 Å². The van der Waals surface area contributed by atoms with Gasteiger partial charge in [-0.15, -0.1) is 0 Å². The van der Waals surface area contributed by atoms with Crippen LogP contribution in [-0.4, -0.2) is 39.9 Å². The van der Waals surface area contributed by atoms with Gasteiger partial charge in [0.05, 0.1) is 22.3 Å². The Bertz CT molecular complexity index is 1430. The predicted octanol–water partition coefficient (Wildman–Crippen LogP) is 6.17. The van der Waals surface area contributed by atoms with Gasteiger partial charge < -0.3 is 10.2 Å². The van der Waals surface area contributed by atoms with Crippen molar-refractivity contribution in [2.75, 3.05) is 19.4 Å². The van der Waals surface area contributed by atoms with Crippen LogP contribution in [0.4, 0.5) is 37.8 Å². The molecule has 36 heavy (non-hydrogen) atoms. The molecule has 2 aromatic carbocycles. The van der Waals surface area contributed by atoms with Crippen molar-refractivity contribution in [1.82, 2.24) is 19.9 Å². The standard InChI is InChI=1S/C24H17F6N5O/c1-35(2)22(36)21-33-18-12-13(19-17(24(28,29)30)4-3-11-31-19)5-10-16(18)20(34-21)32-15-8-6-14(7-9-15)23(25,26)27/h3-12H,1-2H3,(H,32,33,34). The molecule has 0 fully saturated rings. The highest BCUT2D eigenvalue weighted by atomic mass is 19.4. The number of aromatic nitrogens is 3. The van der Waals surface area contributed by atoms with E-state index in [2.05, 4.69) is 20.3 Å². The number of carbonyl (C=O) groups excluding carboxylic acids is 1. The minimum Gasteiger partial charge on any atom is -0.342 e. The summed E-state index contributed by atoms with van der Waals surface area (Å²) in [5.74, 6) is -0.740. The van der Waals surface area contributed by atoms with E-state index in [0.29, 0.717) is 5.39 Å². The van der Waals surface area contributed by atoms with Gasteiger partial charge >= 0.3 is 12.4 Å². The first kappa shape index (κ1) is 24.9. The molecule has 0 radical (unpaired) electrons. The number of anilines is 2. The van der Waals surface area contributed by atoms with Crippen molar-refractivity contribution in [1.29, 1.82) is 0 Å². The van der Waals surface area contributed by atoms with E-state index in [-0.39, 0.29) is 34.1 Å². The Morgan fingerprint density at radius 2 is 1.58 bits per heavy atom. The number of amides is 1. The van der Waals surface area contributed by atoms with Gasteiger partial charge in [0.2, 0.25) is 5.82 Å². The van der Waals surface area contributed by atoms with Crippen LogP contribution >= 0.6 is 0 Å². The lowest BCUT2D eigenvalue weighted by molar-refractivity contribution is -0.138. The highest BCUT2D eigenvalue weighted by molar-refractivity contribution is 5.98. The van der Waals surface area contributed by atoms with Crippen LogP contribution in [0.5, 0.6) is 0 Å². The molecule has 0 aliphatic rings. The fourth-order valence-corrected chi connectivity index (χ4v) is 3.41. The highest BCUT2D eigenvalue weighted by Gasteiger charge is 2.34. The second-order valence-electron chi connectivity index (χ2n) is 7.92. The molecule has 6 nitrogen and oxygen atoms in total. The Labute approximate surface area is 200 Å². The summed E-state index contributed by atoms with van der Waals surface area (Å²) in [4.78, 5) is 26.1. The molecule has 0 saturated heterocycles. The first-order valence-corrected chi connectivity index (χ1v) is 10.3. The van der Waals surface area contributed by atoms with Gasteiger partial charge in [0.1, 0.15) is 5.82 Å². The molecule has 12 heteroatoms. The Morgan fingerprint density at radius 1 is 0.889 bits per heavy atom. The molecule has 2 heterocycles. The lowest BCUT2D eigenvalue weighted by atomic mass is 10.0. The minimum atomic E-state index is -4.65. The Hall–Kier alpha value is -4.22. The first-order valence-electron chi connectivity index (χ1n) is 10.3. The molecule has 0 saturated carbocycles. The first-order chi connectivity index (χ1) is 16.8. The van der Waals surface area contributed by atoms with Crippen molar-refractivity contribution in [3.8, 4) is 11.3 Å². The molecule has 0 atom stereocenters. The second kappa shape index (κ2) is 9.10. The van der Waals surface area contributed by atoms with Gasteiger partial charge in [-0.3, -0.25) is 9.78 Å². The molecular formula is C24H17F6N5O. The number of carbonyl (C=O) groups is 1. The van der Waals surface area contributed by atoms with Crippen LogP contribution in [-0.2, 0) is 12.4 Å². The molecule has 0 aliphatic carbocycles. The zero-order valence-electron chi connectivity index (χ0n) is 18.7. The van der Waals surface area contributed by atoms with E-state index in [1.807, 2.05) is 0 Å². The SMILES string of the molecule is CN(C)C(=O)c1nc(Nc2ccc(C(F)(F)F)cc2)c2ccc(-c3ncccc3C(F)(F)F)cc2n1. The molecule has 0 unspecified atom stereocenters. The van der Waals surface area contributed by atoms with Crippen molar-refractivity contribution in [2.45, 2.75) is 12.4 Å². The Kier molecular flexibility index (Phi) is 6.29. The topological polar surface area (TPSA) is 71.0 Å². The van der Waals surface area contributed by atoms with Gasteiger partial charge in [0.25, 0.3) is 5.91 Å². The summed E-state index contributed by atoms with van der Waals surface area (Å²) in [5, 5.41) is 3.20. The van der Waals surface area contributed by atoms with Crippen LogP contribution in [0.3, 0.4) is 0 Å². The summed E-state index contributed by atoms with van der Waals surface area (Å²) in [6.07, 6.45) is -7.93. The zero-order valence-corrected chi connectivity index (χ0v) is 18.7. The number of nitrogens with zero attached hydrogens (tertiary/aromatic N) is 4. The molecule has 1 amide bonds. The van der Waals surface area contributed by atoms with Gasteiger partial charge in [0.15, 0.2) is 0 Å². The number of alkyl halides is 6. The molecule has 2 aromatic heterocycles. The number of pyridine rings is 1. The van der Waals surface area contributed by atoms with E-state index >= 15 is 0 Å². The van der Waals surface area contributed by atoms with Crippen LogP contribution in [0.1, 0.15) is 21.7 Å². The van der Waals surface area contributed by atoms with Crippen LogP contribution < -0.4 is 5.32 Å². The predicted molar refractivity (Wildman–Crippen MR) is 121 cm³/mol. The Morgan fingerprint density at radius 3 is 2.19 bits per heavy atom. The van der Waals surface area contributed by atoms with Crippen LogP contribution in [0.2, 0.25) is 0 Å². The summed E-state index contributed by atoms with van der Waals surface area (Å²) in [6, 6.07) is 10.4. The third-order valence-corrected chi connectivity index (χ3v) is 5.16. The quantitative estimate of drug-likeness (QED) is 0.336.